The highest BCUT2D eigenvalue weighted by Gasteiger charge is 2.40. The average Bonchev–Trinajstić information content (AvgIpc) is 3.03. The van der Waals surface area contributed by atoms with Gasteiger partial charge in [-0.2, -0.15) is 0 Å². The predicted molar refractivity (Wildman–Crippen MR) is 133 cm³/mol. The second-order valence-corrected chi connectivity index (χ2v) is 10.6. The fourth-order valence-electron chi connectivity index (χ4n) is 5.09. The van der Waals surface area contributed by atoms with E-state index in [9.17, 15) is 9.90 Å². The molecular formula is C28H38O2S. The number of carbonyl (C=O) groups is 1. The predicted octanol–water partition coefficient (Wildman–Crippen LogP) is 7.11. The summed E-state index contributed by atoms with van der Waals surface area (Å²) in [6.07, 6.45) is 17.1. The van der Waals surface area contributed by atoms with Crippen LogP contribution in [0.3, 0.4) is 0 Å². The largest absolute Gasteiger partial charge is 0.382 e. The van der Waals surface area contributed by atoms with E-state index >= 15 is 0 Å². The molecule has 0 saturated carbocycles. The maximum Gasteiger partial charge on any atom is 0.193 e. The quantitative estimate of drug-likeness (QED) is 0.418. The van der Waals surface area contributed by atoms with Crippen LogP contribution >= 0.6 is 11.8 Å². The summed E-state index contributed by atoms with van der Waals surface area (Å²) in [5, 5.41) is 10.4. The van der Waals surface area contributed by atoms with Crippen molar-refractivity contribution in [3.63, 3.8) is 0 Å². The van der Waals surface area contributed by atoms with Gasteiger partial charge in [-0.3, -0.25) is 4.79 Å². The van der Waals surface area contributed by atoms with Crippen LogP contribution in [0.2, 0.25) is 0 Å². The number of allylic oxidation sites excluding steroid dienone is 5. The Kier molecular flexibility index (Phi) is 7.70. The highest BCUT2D eigenvalue weighted by atomic mass is 32.2. The summed E-state index contributed by atoms with van der Waals surface area (Å²) in [5.74, 6) is -0.193. The zero-order valence-corrected chi connectivity index (χ0v) is 20.7. The average molecular weight is 439 g/mol. The minimum absolute atomic E-state index is 0.0496. The molecule has 1 aromatic rings. The number of hydrogen-bond acceptors (Lipinski definition) is 3. The SMILES string of the molecule is CCCCC1(CCCC)C2=CC(C(=O)C(C)(C)O)=CC=C(C2)Cc2ccc(SC)cc21. The first-order valence-electron chi connectivity index (χ1n) is 11.8. The van der Waals surface area contributed by atoms with E-state index in [1.54, 1.807) is 25.6 Å². The Balaban J connectivity index is 2.26. The van der Waals surface area contributed by atoms with Crippen molar-refractivity contribution in [2.24, 2.45) is 0 Å². The van der Waals surface area contributed by atoms with E-state index in [4.69, 9.17) is 0 Å². The monoisotopic (exact) mass is 438 g/mol. The van der Waals surface area contributed by atoms with Gasteiger partial charge in [0.2, 0.25) is 0 Å². The van der Waals surface area contributed by atoms with Gasteiger partial charge >= 0.3 is 0 Å². The molecule has 3 rings (SSSR count). The van der Waals surface area contributed by atoms with Gasteiger partial charge in [0.25, 0.3) is 0 Å². The summed E-state index contributed by atoms with van der Waals surface area (Å²) in [6.45, 7) is 7.71. The van der Waals surface area contributed by atoms with Crippen LogP contribution in [0.1, 0.15) is 83.8 Å². The van der Waals surface area contributed by atoms with Crippen molar-refractivity contribution in [3.05, 3.63) is 64.3 Å². The van der Waals surface area contributed by atoms with Crippen molar-refractivity contribution in [1.29, 1.82) is 0 Å². The molecule has 168 valence electrons. The van der Waals surface area contributed by atoms with E-state index in [2.05, 4.69) is 50.5 Å². The molecule has 0 amide bonds. The van der Waals surface area contributed by atoms with Crippen molar-refractivity contribution >= 4 is 17.5 Å². The second kappa shape index (κ2) is 9.92. The summed E-state index contributed by atoms with van der Waals surface area (Å²) in [6, 6.07) is 7.01. The molecule has 1 aromatic carbocycles. The van der Waals surface area contributed by atoms with Gasteiger partial charge in [0.05, 0.1) is 0 Å². The summed E-state index contributed by atoms with van der Waals surface area (Å²) >= 11 is 1.80. The number of unbranched alkanes of at least 4 members (excludes halogenated alkanes) is 2. The molecule has 0 aromatic heterocycles. The number of benzene rings is 1. The molecule has 2 nitrogen and oxygen atoms in total. The molecule has 0 saturated heterocycles. The standard InChI is InChI=1S/C28H38O2S/c1-6-8-14-28(15-9-7-2)23-17-20(10-11-22(18-23)26(29)27(3,4)30)16-21-12-13-24(31-5)19-25(21)28/h10-13,18-19,30H,6-9,14-17H2,1-5H3. The third-order valence-corrected chi connectivity index (χ3v) is 7.57. The van der Waals surface area contributed by atoms with Gasteiger partial charge < -0.3 is 5.11 Å². The van der Waals surface area contributed by atoms with Crippen LogP contribution in [0.4, 0.5) is 0 Å². The zero-order chi connectivity index (χ0) is 22.6. The van der Waals surface area contributed by atoms with E-state index in [1.165, 1.54) is 40.0 Å². The Morgan fingerprint density at radius 3 is 2.35 bits per heavy atom. The second-order valence-electron chi connectivity index (χ2n) is 9.67. The van der Waals surface area contributed by atoms with Crippen molar-refractivity contribution in [3.8, 4) is 0 Å². The van der Waals surface area contributed by atoms with Gasteiger partial charge in [-0.1, -0.05) is 75.0 Å². The van der Waals surface area contributed by atoms with Gasteiger partial charge in [-0.15, -0.1) is 11.8 Å². The minimum atomic E-state index is -1.37. The molecule has 3 heteroatoms. The van der Waals surface area contributed by atoms with Gasteiger partial charge in [0, 0.05) is 15.9 Å². The number of rotatable bonds is 9. The third-order valence-electron chi connectivity index (χ3n) is 6.84. The molecule has 0 spiro atoms. The molecule has 0 heterocycles. The van der Waals surface area contributed by atoms with Crippen molar-refractivity contribution in [2.45, 2.75) is 95.0 Å². The van der Waals surface area contributed by atoms with Crippen LogP contribution in [-0.4, -0.2) is 22.7 Å². The van der Waals surface area contributed by atoms with Crippen LogP contribution < -0.4 is 0 Å². The lowest BCUT2D eigenvalue weighted by Crippen LogP contribution is -2.33. The molecule has 0 unspecified atom stereocenters. The highest BCUT2D eigenvalue weighted by Crippen LogP contribution is 2.50. The Hall–Kier alpha value is -1.58. The molecule has 2 aliphatic rings. The minimum Gasteiger partial charge on any atom is -0.382 e. The Morgan fingerprint density at radius 2 is 1.77 bits per heavy atom. The molecule has 0 fully saturated rings. The van der Waals surface area contributed by atoms with Crippen LogP contribution in [0.5, 0.6) is 0 Å². The van der Waals surface area contributed by atoms with Gasteiger partial charge in [-0.25, -0.2) is 0 Å². The van der Waals surface area contributed by atoms with E-state index in [0.717, 1.165) is 38.5 Å². The van der Waals surface area contributed by atoms with Gasteiger partial charge in [-0.05, 0) is 69.0 Å². The van der Waals surface area contributed by atoms with Gasteiger partial charge in [0.1, 0.15) is 5.60 Å². The Morgan fingerprint density at radius 1 is 1.10 bits per heavy atom. The van der Waals surface area contributed by atoms with Crippen LogP contribution in [-0.2, 0) is 16.6 Å². The molecule has 0 radical (unpaired) electrons. The van der Waals surface area contributed by atoms with Crippen molar-refractivity contribution in [1.82, 2.24) is 0 Å². The molecule has 2 aliphatic carbocycles. The lowest BCUT2D eigenvalue weighted by molar-refractivity contribution is -0.129. The fraction of sp³-hybridized carbons (Fsp3) is 0.536. The highest BCUT2D eigenvalue weighted by molar-refractivity contribution is 7.98. The van der Waals surface area contributed by atoms with Crippen molar-refractivity contribution < 1.29 is 9.90 Å². The molecule has 1 N–H and O–H groups in total. The Bertz CT molecular complexity index is 903. The normalized spacial score (nSPS) is 17.7. The van der Waals surface area contributed by atoms with Crippen LogP contribution in [0.25, 0.3) is 0 Å². The van der Waals surface area contributed by atoms with E-state index in [0.29, 0.717) is 5.57 Å². The summed E-state index contributed by atoms with van der Waals surface area (Å²) in [5.41, 5.74) is 4.84. The number of fused-ring (bicyclic) bond motifs is 3. The summed E-state index contributed by atoms with van der Waals surface area (Å²) in [4.78, 5) is 14.3. The first-order valence-corrected chi connectivity index (χ1v) is 13.0. The lowest BCUT2D eigenvalue weighted by atomic mass is 9.66. The molecule has 31 heavy (non-hydrogen) atoms. The maximum absolute atomic E-state index is 13.0. The first kappa shape index (κ1) is 24.1. The third kappa shape index (κ3) is 5.09. The number of Topliss-reactive ketones (excluding diaryl/α,β-unsaturated/α-hetero) is 1. The van der Waals surface area contributed by atoms with E-state index in [-0.39, 0.29) is 11.2 Å². The maximum atomic E-state index is 13.0. The molecule has 2 bridgehead atoms. The topological polar surface area (TPSA) is 37.3 Å². The number of thioether (sulfide) groups is 1. The molecular weight excluding hydrogens is 400 g/mol. The van der Waals surface area contributed by atoms with E-state index in [1.807, 2.05) is 6.08 Å². The summed E-state index contributed by atoms with van der Waals surface area (Å²) in [7, 11) is 0. The first-order chi connectivity index (χ1) is 14.7. The van der Waals surface area contributed by atoms with Crippen molar-refractivity contribution in [2.75, 3.05) is 6.26 Å². The van der Waals surface area contributed by atoms with Crippen LogP contribution in [0.15, 0.2) is 58.0 Å². The summed E-state index contributed by atoms with van der Waals surface area (Å²) < 4.78 is 0. The molecule has 0 atom stereocenters. The Labute approximate surface area is 192 Å². The smallest absolute Gasteiger partial charge is 0.193 e. The zero-order valence-electron chi connectivity index (χ0n) is 19.9. The molecule has 0 aliphatic heterocycles. The number of hydrogen-bond donors (Lipinski definition) is 1. The van der Waals surface area contributed by atoms with Gasteiger partial charge in [0.15, 0.2) is 5.78 Å². The van der Waals surface area contributed by atoms with E-state index < -0.39 is 5.60 Å². The number of carbonyl (C=O) groups excluding carboxylic acids is 1. The fourth-order valence-corrected chi connectivity index (χ4v) is 5.53. The number of ketones is 1. The lowest BCUT2D eigenvalue weighted by Gasteiger charge is -2.38. The number of aliphatic hydroxyl groups is 1. The van der Waals surface area contributed by atoms with Crippen LogP contribution in [0, 0.1) is 0 Å².